The molecule has 0 spiro atoms. The number of halogens is 2. The van der Waals surface area contributed by atoms with Crippen LogP contribution in [0.3, 0.4) is 0 Å². The van der Waals surface area contributed by atoms with Gasteiger partial charge in [0.25, 0.3) is 42.1 Å². The van der Waals surface area contributed by atoms with Gasteiger partial charge >= 0.3 is 11.9 Å². The largest absolute Gasteiger partial charge is 0.427 e. The summed E-state index contributed by atoms with van der Waals surface area (Å²) in [7, 11) is 0. The van der Waals surface area contributed by atoms with Crippen LogP contribution in [-0.4, -0.2) is 11.9 Å². The van der Waals surface area contributed by atoms with Crippen molar-refractivity contribution < 1.29 is 73.6 Å². The summed E-state index contributed by atoms with van der Waals surface area (Å²) in [6, 6.07) is 0. The van der Waals surface area contributed by atoms with Crippen LogP contribution in [-0.2, 0) is 0 Å². The number of nitrogens with two attached hydrogens (primary N) is 6. The maximum atomic E-state index is 8.57. The van der Waals surface area contributed by atoms with Crippen LogP contribution in [0.15, 0.2) is 0 Å². The van der Waals surface area contributed by atoms with Crippen molar-refractivity contribution in [2.24, 2.45) is 22.9 Å². The number of guanidine groups is 2. The van der Waals surface area contributed by atoms with Gasteiger partial charge < -0.3 is 20.6 Å². The molecule has 0 saturated heterocycles. The highest BCUT2D eigenvalue weighted by Crippen LogP contribution is 0.929. The van der Waals surface area contributed by atoms with E-state index in [1.165, 1.54) is 0 Å². The minimum atomic E-state index is -4.01. The molecule has 0 aromatic carbocycles. The van der Waals surface area contributed by atoms with Gasteiger partial charge in [0.1, 0.15) is 0 Å². The van der Waals surface area contributed by atoms with Gasteiger partial charge in [-0.1, -0.05) is 0 Å². The quantitative estimate of drug-likeness (QED) is 0.110. The van der Waals surface area contributed by atoms with Crippen molar-refractivity contribution in [1.82, 2.24) is 0 Å². The predicted octanol–water partition coefficient (Wildman–Crippen LogP) is -19.1. The Morgan fingerprint density at radius 3 is 0.625 bits per heavy atom. The Kier molecular flexibility index (Phi) is 31.4. The third-order valence-electron chi connectivity index (χ3n) is 0. The van der Waals surface area contributed by atoms with Gasteiger partial charge in [-0.2, -0.15) is 0 Å². The van der Waals surface area contributed by atoms with E-state index in [1.807, 2.05) is 0 Å². The average molecular weight is 470 g/mol. The van der Waals surface area contributed by atoms with Crippen molar-refractivity contribution in [1.29, 1.82) is 0 Å². The van der Waals surface area contributed by atoms with Crippen molar-refractivity contribution in [3.8, 4) is 0 Å². The van der Waals surface area contributed by atoms with Gasteiger partial charge in [-0.25, -0.2) is 0 Å². The van der Waals surface area contributed by atoms with Crippen LogP contribution >= 0.6 is 0 Å². The molecule has 0 bridgehead atoms. The van der Waals surface area contributed by atoms with E-state index >= 15 is 0 Å². The highest BCUT2D eigenvalue weighted by molar-refractivity contribution is 5.68. The Labute approximate surface area is 108 Å². The van der Waals surface area contributed by atoms with Crippen LogP contribution in [0.2, 0.25) is 0 Å². The maximum Gasteiger partial charge on any atom is 0.336 e. The van der Waals surface area contributed by atoms with Crippen LogP contribution < -0.4 is 96.5 Å². The molecule has 16 heavy (non-hydrogen) atoms. The standard InChI is InChI=1S/2CH5N3.2IO3/c4*2-1(3)4/h2*(H5,2,3,4);;/q;;2*-1/p+2. The molecule has 0 atom stereocenters. The zero-order chi connectivity index (χ0) is 14.3. The van der Waals surface area contributed by atoms with Crippen molar-refractivity contribution in [2.75, 3.05) is 0 Å². The van der Waals surface area contributed by atoms with Gasteiger partial charge in [0, 0.05) is 0 Å². The minimum absolute atomic E-state index is 0.0833. The molecule has 0 radical (unpaired) electrons. The van der Waals surface area contributed by atoms with Gasteiger partial charge in [0.05, 0.1) is 0 Å². The summed E-state index contributed by atoms with van der Waals surface area (Å²) in [5.74, 6) is -0.167. The molecule has 0 saturated carbocycles. The molecule has 0 fully saturated rings. The molecule has 0 aliphatic heterocycles. The van der Waals surface area contributed by atoms with Crippen LogP contribution in [0.4, 0.5) is 0 Å². The summed E-state index contributed by atoms with van der Waals surface area (Å²) in [6.45, 7) is 0. The third-order valence-corrected chi connectivity index (χ3v) is 0. The van der Waals surface area contributed by atoms with E-state index < -0.39 is 42.1 Å². The van der Waals surface area contributed by atoms with E-state index in [9.17, 15) is 0 Å². The number of rotatable bonds is 0. The summed E-state index contributed by atoms with van der Waals surface area (Å²) in [5, 5.41) is 9.17. The Balaban J connectivity index is -0.0000000600. The van der Waals surface area contributed by atoms with E-state index in [-0.39, 0.29) is 11.9 Å². The predicted molar refractivity (Wildman–Crippen MR) is 30.6 cm³/mol. The molecule has 12 N–H and O–H groups in total. The molecule has 12 nitrogen and oxygen atoms in total. The number of hydrogen-bond donors (Lipinski definition) is 6. The lowest BCUT2D eigenvalue weighted by Crippen LogP contribution is -4.05. The Morgan fingerprint density at radius 1 is 0.625 bits per heavy atom. The molecule has 0 aliphatic rings. The lowest BCUT2D eigenvalue weighted by Gasteiger charge is -1.84. The lowest BCUT2D eigenvalue weighted by atomic mass is 11.1. The first-order chi connectivity index (χ1) is 6.93. The Hall–Kier alpha value is -0.240. The highest BCUT2D eigenvalue weighted by Gasteiger charge is 1.70. The molecular weight excluding hydrogens is 458 g/mol. The Morgan fingerprint density at radius 2 is 0.625 bits per heavy atom. The van der Waals surface area contributed by atoms with Crippen molar-refractivity contribution in [3.63, 3.8) is 0 Å². The average Bonchev–Trinajstić information content (AvgIpc) is 1.76. The van der Waals surface area contributed by atoms with Crippen molar-refractivity contribution in [3.05, 3.63) is 0 Å². The zero-order valence-corrected chi connectivity index (χ0v) is 12.0. The summed E-state index contributed by atoms with van der Waals surface area (Å²) >= 11 is -8.03. The van der Waals surface area contributed by atoms with E-state index in [1.54, 1.807) is 0 Å². The second-order valence-corrected chi connectivity index (χ2v) is 3.54. The van der Waals surface area contributed by atoms with E-state index in [0.29, 0.717) is 0 Å². The molecule has 0 aromatic heterocycles. The van der Waals surface area contributed by atoms with Gasteiger partial charge in [-0.15, -0.1) is 0 Å². The molecule has 0 amide bonds. The molecule has 14 heteroatoms. The molecule has 0 unspecified atom stereocenters. The van der Waals surface area contributed by atoms with Crippen LogP contribution in [0.5, 0.6) is 0 Å². The molecule has 100 valence electrons. The van der Waals surface area contributed by atoms with Gasteiger partial charge in [-0.3, -0.25) is 33.8 Å². The van der Waals surface area contributed by atoms with E-state index in [4.69, 9.17) is 20.6 Å². The highest BCUT2D eigenvalue weighted by atomic mass is 127. The van der Waals surface area contributed by atoms with Gasteiger partial charge in [0.15, 0.2) is 0 Å². The SMILES string of the molecule is NC(N)=[NH2+].NC(N)=[NH2+].[O-][I+2]([O-])[O-].[O-][I+2]([O-])[O-]. The number of hydrogen-bond acceptors (Lipinski definition) is 6. The summed E-state index contributed by atoms with van der Waals surface area (Å²) in [5.41, 5.74) is 18.3. The van der Waals surface area contributed by atoms with Gasteiger partial charge in [0.2, 0.25) is 0 Å². The van der Waals surface area contributed by atoms with Crippen molar-refractivity contribution >= 4 is 11.9 Å². The molecule has 0 aromatic rings. The fraction of sp³-hybridized carbons (Fsp3) is 0. The second kappa shape index (κ2) is 20.2. The first-order valence-electron chi connectivity index (χ1n) is 2.66. The summed E-state index contributed by atoms with van der Waals surface area (Å²) < 4.78 is 51.4. The first-order valence-corrected chi connectivity index (χ1v) is 7.94. The van der Waals surface area contributed by atoms with Gasteiger partial charge in [-0.05, 0) is 0 Å². The summed E-state index contributed by atoms with van der Waals surface area (Å²) in [4.78, 5) is 0. The van der Waals surface area contributed by atoms with E-state index in [0.717, 1.165) is 0 Å². The zero-order valence-electron chi connectivity index (χ0n) is 7.67. The monoisotopic (exact) mass is 470 g/mol. The minimum Gasteiger partial charge on any atom is -0.427 e. The Bertz CT molecular complexity index is 136. The summed E-state index contributed by atoms with van der Waals surface area (Å²) in [6.07, 6.45) is 0. The molecule has 0 heterocycles. The third kappa shape index (κ3) is 38900. The molecular formula is C2H12I2N6O6. The fourth-order valence-electron chi connectivity index (χ4n) is 0. The van der Waals surface area contributed by atoms with Crippen LogP contribution in [0, 0.1) is 0 Å². The fourth-order valence-corrected chi connectivity index (χ4v) is 0. The molecule has 0 aliphatic carbocycles. The smallest absolute Gasteiger partial charge is 0.336 e. The molecule has 0 rings (SSSR count). The maximum absolute atomic E-state index is 8.57. The topological polar surface area (TPSA) is 294 Å². The first kappa shape index (κ1) is 24.8. The van der Waals surface area contributed by atoms with Crippen LogP contribution in [0.25, 0.3) is 0 Å². The van der Waals surface area contributed by atoms with Crippen LogP contribution in [0.1, 0.15) is 0 Å². The lowest BCUT2D eigenvalue weighted by molar-refractivity contribution is -1.73. The normalized spacial score (nSPS) is 7.50. The van der Waals surface area contributed by atoms with E-state index in [2.05, 4.69) is 33.8 Å². The van der Waals surface area contributed by atoms with Crippen molar-refractivity contribution in [2.45, 2.75) is 0 Å². The second-order valence-electron chi connectivity index (χ2n) is 1.38.